The van der Waals surface area contributed by atoms with Crippen molar-refractivity contribution >= 4 is 23.9 Å². The van der Waals surface area contributed by atoms with Crippen LogP contribution in [0, 0.1) is 11.7 Å². The molecule has 0 aliphatic heterocycles. The van der Waals surface area contributed by atoms with Gasteiger partial charge in [0.05, 0.1) is 6.61 Å². The number of benzene rings is 2. The number of hydrogen-bond acceptors (Lipinski definition) is 4. The van der Waals surface area contributed by atoms with Crippen LogP contribution in [0.4, 0.5) is 4.39 Å². The zero-order chi connectivity index (χ0) is 22.1. The van der Waals surface area contributed by atoms with Gasteiger partial charge in [-0.25, -0.2) is 9.18 Å². The van der Waals surface area contributed by atoms with Gasteiger partial charge in [-0.1, -0.05) is 50.2 Å². The summed E-state index contributed by atoms with van der Waals surface area (Å²) < 4.78 is 19.1. The number of carbonyl (C=O) groups excluding carboxylic acids is 3. The standard InChI is InChI=1S/C23H25FN2O4/c1-4-30-23(29)20(15(2)3)26-22(28)19(14-17-12-8-9-13-18(17)24)25-21(27)16-10-6-5-7-11-16/h5-15,20H,4H2,1-3H3,(H,25,27)(H,26,28)/t20-/m1/s1. The van der Waals surface area contributed by atoms with Crippen LogP contribution in [0.1, 0.15) is 36.7 Å². The Morgan fingerprint density at radius 3 is 2.27 bits per heavy atom. The third kappa shape index (κ3) is 6.27. The Morgan fingerprint density at radius 1 is 1.03 bits per heavy atom. The van der Waals surface area contributed by atoms with Gasteiger partial charge in [0.25, 0.3) is 11.8 Å². The molecular weight excluding hydrogens is 387 g/mol. The molecule has 158 valence electrons. The Balaban J connectivity index is 2.34. The van der Waals surface area contributed by atoms with Crippen molar-refractivity contribution in [2.75, 3.05) is 6.61 Å². The predicted octanol–water partition coefficient (Wildman–Crippen LogP) is 3.30. The first-order chi connectivity index (χ1) is 14.3. The topological polar surface area (TPSA) is 84.5 Å². The number of hydrogen-bond donors (Lipinski definition) is 2. The predicted molar refractivity (Wildman–Crippen MR) is 112 cm³/mol. The van der Waals surface area contributed by atoms with Gasteiger partial charge in [-0.3, -0.25) is 9.59 Å². The van der Waals surface area contributed by atoms with Crippen molar-refractivity contribution in [2.45, 2.75) is 26.8 Å². The Morgan fingerprint density at radius 2 is 1.67 bits per heavy atom. The summed E-state index contributed by atoms with van der Waals surface area (Å²) in [6.07, 6.45) is 1.23. The van der Waals surface area contributed by atoms with Gasteiger partial charge in [0.1, 0.15) is 17.6 Å². The molecule has 0 spiro atoms. The summed E-state index contributed by atoms with van der Waals surface area (Å²) in [7, 11) is 0. The second-order valence-corrected chi connectivity index (χ2v) is 6.85. The van der Waals surface area contributed by atoms with Crippen LogP contribution in [0.3, 0.4) is 0 Å². The lowest BCUT2D eigenvalue weighted by molar-refractivity contribution is -0.148. The van der Waals surface area contributed by atoms with Gasteiger partial charge in [0.2, 0.25) is 0 Å². The van der Waals surface area contributed by atoms with Gasteiger partial charge >= 0.3 is 5.97 Å². The molecular formula is C23H25FN2O4. The highest BCUT2D eigenvalue weighted by molar-refractivity contribution is 6.06. The summed E-state index contributed by atoms with van der Waals surface area (Å²) in [5.41, 5.74) is 0.257. The molecule has 0 aliphatic rings. The molecule has 2 aromatic rings. The highest BCUT2D eigenvalue weighted by Gasteiger charge is 2.27. The molecule has 0 bridgehead atoms. The van der Waals surface area contributed by atoms with E-state index in [4.69, 9.17) is 4.74 Å². The maximum absolute atomic E-state index is 14.1. The first-order valence-corrected chi connectivity index (χ1v) is 9.63. The monoisotopic (exact) mass is 412 g/mol. The summed E-state index contributed by atoms with van der Waals surface area (Å²) in [6, 6.07) is 13.2. The number of nitrogens with one attached hydrogen (secondary N) is 2. The van der Waals surface area contributed by atoms with Crippen LogP contribution < -0.4 is 10.6 Å². The highest BCUT2D eigenvalue weighted by Crippen LogP contribution is 2.13. The molecule has 0 saturated heterocycles. The van der Waals surface area contributed by atoms with Crippen molar-refractivity contribution in [2.24, 2.45) is 5.92 Å². The van der Waals surface area contributed by atoms with E-state index >= 15 is 0 Å². The molecule has 30 heavy (non-hydrogen) atoms. The number of carbonyl (C=O) groups is 3. The Labute approximate surface area is 175 Å². The van der Waals surface area contributed by atoms with Gasteiger partial charge < -0.3 is 15.4 Å². The Hall–Kier alpha value is -3.48. The average molecular weight is 412 g/mol. The van der Waals surface area contributed by atoms with Crippen LogP contribution in [-0.2, 0) is 14.3 Å². The lowest BCUT2D eigenvalue weighted by Gasteiger charge is -2.21. The zero-order valence-corrected chi connectivity index (χ0v) is 17.1. The fourth-order valence-corrected chi connectivity index (χ4v) is 2.64. The van der Waals surface area contributed by atoms with Crippen molar-refractivity contribution < 1.29 is 23.5 Å². The number of ether oxygens (including phenoxy) is 1. The Kier molecular flexibility index (Phi) is 8.29. The van der Waals surface area contributed by atoms with E-state index < -0.39 is 29.6 Å². The highest BCUT2D eigenvalue weighted by atomic mass is 19.1. The molecule has 0 heterocycles. The molecule has 0 aliphatic carbocycles. The van der Waals surface area contributed by atoms with Gasteiger partial charge in [-0.15, -0.1) is 0 Å². The van der Waals surface area contributed by atoms with Crippen molar-refractivity contribution in [3.63, 3.8) is 0 Å². The first-order valence-electron chi connectivity index (χ1n) is 9.63. The molecule has 7 heteroatoms. The van der Waals surface area contributed by atoms with E-state index in [2.05, 4.69) is 10.6 Å². The first kappa shape index (κ1) is 22.8. The molecule has 0 unspecified atom stereocenters. The fraction of sp³-hybridized carbons (Fsp3) is 0.261. The lowest BCUT2D eigenvalue weighted by Crippen LogP contribution is -2.47. The summed E-state index contributed by atoms with van der Waals surface area (Å²) in [5.74, 6) is -2.66. The normalized spacial score (nSPS) is 12.2. The third-order valence-electron chi connectivity index (χ3n) is 4.23. The van der Waals surface area contributed by atoms with E-state index in [1.165, 1.54) is 24.3 Å². The number of amides is 2. The third-order valence-corrected chi connectivity index (χ3v) is 4.23. The molecule has 6 nitrogen and oxygen atoms in total. The maximum Gasteiger partial charge on any atom is 0.328 e. The molecule has 0 aromatic heterocycles. The van der Waals surface area contributed by atoms with Gasteiger partial charge in [0.15, 0.2) is 0 Å². The summed E-state index contributed by atoms with van der Waals surface area (Å²) in [4.78, 5) is 37.7. The second kappa shape index (κ2) is 10.9. The minimum atomic E-state index is -0.921. The van der Waals surface area contributed by atoms with Gasteiger partial charge in [-0.2, -0.15) is 0 Å². The van der Waals surface area contributed by atoms with E-state index in [1.54, 1.807) is 57.2 Å². The fourth-order valence-electron chi connectivity index (χ4n) is 2.64. The van der Waals surface area contributed by atoms with Gasteiger partial charge in [0, 0.05) is 11.1 Å². The van der Waals surface area contributed by atoms with Crippen molar-refractivity contribution in [1.29, 1.82) is 0 Å². The van der Waals surface area contributed by atoms with Crippen molar-refractivity contribution in [1.82, 2.24) is 10.6 Å². The van der Waals surface area contributed by atoms with E-state index in [0.29, 0.717) is 5.56 Å². The van der Waals surface area contributed by atoms with Crippen molar-refractivity contribution in [3.05, 3.63) is 77.2 Å². The molecule has 1 atom stereocenters. The molecule has 0 saturated carbocycles. The minimum Gasteiger partial charge on any atom is -0.464 e. The minimum absolute atomic E-state index is 0.119. The largest absolute Gasteiger partial charge is 0.464 e. The zero-order valence-electron chi connectivity index (χ0n) is 17.1. The molecule has 2 N–H and O–H groups in total. The molecule has 0 radical (unpaired) electrons. The SMILES string of the molecule is CCOC(=O)[C@H](NC(=O)C(=Cc1ccccc1F)NC(=O)c1ccccc1)C(C)C. The van der Waals surface area contributed by atoms with Crippen LogP contribution in [0.25, 0.3) is 6.08 Å². The summed E-state index contributed by atoms with van der Waals surface area (Å²) in [6.45, 7) is 5.34. The summed E-state index contributed by atoms with van der Waals surface area (Å²) >= 11 is 0. The smallest absolute Gasteiger partial charge is 0.328 e. The number of esters is 1. The number of rotatable bonds is 8. The number of halogens is 1. The van der Waals surface area contributed by atoms with Crippen LogP contribution in [-0.4, -0.2) is 30.4 Å². The van der Waals surface area contributed by atoms with E-state index in [0.717, 1.165) is 0 Å². The quantitative estimate of drug-likeness (QED) is 0.515. The van der Waals surface area contributed by atoms with Gasteiger partial charge in [-0.05, 0) is 37.1 Å². The van der Waals surface area contributed by atoms with Crippen LogP contribution >= 0.6 is 0 Å². The van der Waals surface area contributed by atoms with Crippen LogP contribution in [0.2, 0.25) is 0 Å². The van der Waals surface area contributed by atoms with Crippen molar-refractivity contribution in [3.8, 4) is 0 Å². The molecule has 0 fully saturated rings. The molecule has 2 aromatic carbocycles. The molecule has 2 rings (SSSR count). The van der Waals surface area contributed by atoms with E-state index in [9.17, 15) is 18.8 Å². The second-order valence-electron chi connectivity index (χ2n) is 6.85. The average Bonchev–Trinajstić information content (AvgIpc) is 2.73. The van der Waals surface area contributed by atoms with E-state index in [-0.39, 0.29) is 23.8 Å². The lowest BCUT2D eigenvalue weighted by atomic mass is 10.0. The van der Waals surface area contributed by atoms with Crippen LogP contribution in [0.5, 0.6) is 0 Å². The van der Waals surface area contributed by atoms with Crippen LogP contribution in [0.15, 0.2) is 60.3 Å². The maximum atomic E-state index is 14.1. The molecule has 2 amide bonds. The Bertz CT molecular complexity index is 926. The van der Waals surface area contributed by atoms with E-state index in [1.807, 2.05) is 0 Å². The summed E-state index contributed by atoms with van der Waals surface area (Å²) in [5, 5.41) is 5.09.